The second kappa shape index (κ2) is 6.61. The number of ether oxygens (including phenoxy) is 2. The molecule has 0 fully saturated rings. The summed E-state index contributed by atoms with van der Waals surface area (Å²) in [4.78, 5) is 11.4. The van der Waals surface area contributed by atoms with Crippen molar-refractivity contribution in [3.63, 3.8) is 0 Å². The molecule has 2 aromatic carbocycles. The molecule has 0 amide bonds. The number of benzene rings is 2. The van der Waals surface area contributed by atoms with E-state index in [0.29, 0.717) is 12.0 Å². The maximum Gasteiger partial charge on any atom is 0.377 e. The summed E-state index contributed by atoms with van der Waals surface area (Å²) >= 11 is 0. The molecule has 0 radical (unpaired) electrons. The molecular weight excluding hydrogens is 268 g/mol. The highest BCUT2D eigenvalue weighted by atomic mass is 16.6. The Balaban J connectivity index is 2.37. The first-order valence-electron chi connectivity index (χ1n) is 6.43. The maximum absolute atomic E-state index is 11.4. The summed E-state index contributed by atoms with van der Waals surface area (Å²) in [5.74, 6) is -0.505. The van der Waals surface area contributed by atoms with Crippen molar-refractivity contribution >= 4 is 5.97 Å². The Morgan fingerprint density at radius 1 is 1.10 bits per heavy atom. The molecule has 2 rings (SSSR count). The number of rotatable bonds is 4. The first kappa shape index (κ1) is 14.7. The van der Waals surface area contributed by atoms with E-state index in [1.54, 1.807) is 6.07 Å². The van der Waals surface area contributed by atoms with Crippen LogP contribution >= 0.6 is 0 Å². The summed E-state index contributed by atoms with van der Waals surface area (Å²) in [6, 6.07) is 15.4. The Labute approximate surface area is 123 Å². The third-order valence-electron chi connectivity index (χ3n) is 3.09. The van der Waals surface area contributed by atoms with E-state index >= 15 is 0 Å². The minimum atomic E-state index is -0.734. The van der Waals surface area contributed by atoms with Gasteiger partial charge in [0.05, 0.1) is 7.11 Å². The molecule has 0 atom stereocenters. The van der Waals surface area contributed by atoms with Gasteiger partial charge in [0.2, 0.25) is 5.76 Å². The molecule has 108 valence electrons. The van der Waals surface area contributed by atoms with Crippen LogP contribution in [0.25, 0.3) is 11.1 Å². The number of aliphatic hydroxyl groups is 1. The van der Waals surface area contributed by atoms with Gasteiger partial charge in [-0.2, -0.15) is 0 Å². The molecule has 0 saturated heterocycles. The molecule has 4 heteroatoms. The van der Waals surface area contributed by atoms with Crippen LogP contribution in [0.4, 0.5) is 0 Å². The number of hydrogen-bond acceptors (Lipinski definition) is 4. The van der Waals surface area contributed by atoms with Gasteiger partial charge in [-0.3, -0.25) is 0 Å². The van der Waals surface area contributed by atoms with Crippen LogP contribution in [0.2, 0.25) is 0 Å². The number of aliphatic hydroxyl groups excluding tert-OH is 1. The van der Waals surface area contributed by atoms with Crippen LogP contribution < -0.4 is 4.74 Å². The van der Waals surface area contributed by atoms with E-state index in [9.17, 15) is 4.79 Å². The van der Waals surface area contributed by atoms with Gasteiger partial charge in [0.15, 0.2) is 0 Å². The van der Waals surface area contributed by atoms with E-state index in [1.807, 2.05) is 49.4 Å². The van der Waals surface area contributed by atoms with E-state index in [4.69, 9.17) is 9.84 Å². The lowest BCUT2D eigenvalue weighted by Gasteiger charge is -2.13. The molecule has 0 aromatic heterocycles. The topological polar surface area (TPSA) is 55.8 Å². The van der Waals surface area contributed by atoms with Crippen molar-refractivity contribution in [1.82, 2.24) is 0 Å². The summed E-state index contributed by atoms with van der Waals surface area (Å²) in [6.45, 7) is 1.89. The summed E-state index contributed by atoms with van der Waals surface area (Å²) in [5, 5.41) is 9.08. The van der Waals surface area contributed by atoms with Crippen LogP contribution in [0.1, 0.15) is 5.56 Å². The Hall–Kier alpha value is -2.75. The molecule has 0 bridgehead atoms. The average molecular weight is 284 g/mol. The summed E-state index contributed by atoms with van der Waals surface area (Å²) in [6.07, 6.45) is 0.598. The Bertz CT molecular complexity index is 660. The SMILES string of the molecule is COC(=O)C(=CO)Oc1cccc(-c2ccccc2)c1C. The Kier molecular flexibility index (Phi) is 4.61. The molecule has 0 aliphatic rings. The average Bonchev–Trinajstić information content (AvgIpc) is 2.54. The highest BCUT2D eigenvalue weighted by molar-refractivity contribution is 5.86. The fraction of sp³-hybridized carbons (Fsp3) is 0.118. The number of methoxy groups -OCH3 is 1. The third-order valence-corrected chi connectivity index (χ3v) is 3.09. The molecule has 0 aliphatic heterocycles. The zero-order chi connectivity index (χ0) is 15.2. The van der Waals surface area contributed by atoms with Crippen molar-refractivity contribution in [3.05, 3.63) is 66.1 Å². The molecule has 0 heterocycles. The van der Waals surface area contributed by atoms with Gasteiger partial charge in [-0.05, 0) is 29.7 Å². The minimum absolute atomic E-state index is 0.259. The van der Waals surface area contributed by atoms with Gasteiger partial charge < -0.3 is 14.6 Å². The highest BCUT2D eigenvalue weighted by Crippen LogP contribution is 2.30. The first-order chi connectivity index (χ1) is 10.2. The van der Waals surface area contributed by atoms with Crippen molar-refractivity contribution in [1.29, 1.82) is 0 Å². The van der Waals surface area contributed by atoms with Gasteiger partial charge in [-0.1, -0.05) is 42.5 Å². The lowest BCUT2D eigenvalue weighted by atomic mass is 10.00. The fourth-order valence-electron chi connectivity index (χ4n) is 2.00. The number of carbonyl (C=O) groups is 1. The molecule has 0 unspecified atom stereocenters. The van der Waals surface area contributed by atoms with E-state index in [1.165, 1.54) is 7.11 Å². The zero-order valence-electron chi connectivity index (χ0n) is 11.9. The normalized spacial score (nSPS) is 11.0. The Morgan fingerprint density at radius 2 is 1.81 bits per heavy atom. The maximum atomic E-state index is 11.4. The van der Waals surface area contributed by atoms with Crippen molar-refractivity contribution < 1.29 is 19.4 Å². The second-order valence-electron chi connectivity index (χ2n) is 4.38. The minimum Gasteiger partial charge on any atom is -0.511 e. The van der Waals surface area contributed by atoms with Gasteiger partial charge in [-0.25, -0.2) is 4.79 Å². The molecule has 2 aromatic rings. The molecule has 0 aliphatic carbocycles. The van der Waals surface area contributed by atoms with E-state index in [0.717, 1.165) is 16.7 Å². The van der Waals surface area contributed by atoms with Gasteiger partial charge in [0.1, 0.15) is 12.0 Å². The van der Waals surface area contributed by atoms with Gasteiger partial charge in [0, 0.05) is 0 Å². The van der Waals surface area contributed by atoms with Crippen molar-refractivity contribution in [2.24, 2.45) is 0 Å². The monoisotopic (exact) mass is 284 g/mol. The van der Waals surface area contributed by atoms with Crippen molar-refractivity contribution in [2.75, 3.05) is 7.11 Å². The standard InChI is InChI=1S/C17H16O4/c1-12-14(13-7-4-3-5-8-13)9-6-10-15(12)21-16(11-18)17(19)20-2/h3-11,18H,1-2H3. The first-order valence-corrected chi connectivity index (χ1v) is 6.43. The highest BCUT2D eigenvalue weighted by Gasteiger charge is 2.15. The van der Waals surface area contributed by atoms with E-state index < -0.39 is 5.97 Å². The van der Waals surface area contributed by atoms with E-state index in [-0.39, 0.29) is 5.76 Å². The number of hydrogen-bond donors (Lipinski definition) is 1. The summed E-state index contributed by atoms with van der Waals surface area (Å²) in [7, 11) is 1.22. The third kappa shape index (κ3) is 3.23. The number of esters is 1. The molecule has 21 heavy (non-hydrogen) atoms. The van der Waals surface area contributed by atoms with Gasteiger partial charge in [-0.15, -0.1) is 0 Å². The molecule has 1 N–H and O–H groups in total. The van der Waals surface area contributed by atoms with Crippen LogP contribution in [0.5, 0.6) is 5.75 Å². The smallest absolute Gasteiger partial charge is 0.377 e. The van der Waals surface area contributed by atoms with Crippen LogP contribution in [0.15, 0.2) is 60.6 Å². The largest absolute Gasteiger partial charge is 0.511 e. The number of carbonyl (C=O) groups excluding carboxylic acids is 1. The van der Waals surface area contributed by atoms with Crippen LogP contribution in [0.3, 0.4) is 0 Å². The van der Waals surface area contributed by atoms with Crippen LogP contribution in [-0.4, -0.2) is 18.2 Å². The van der Waals surface area contributed by atoms with Crippen LogP contribution in [0, 0.1) is 6.92 Å². The molecule has 0 spiro atoms. The van der Waals surface area contributed by atoms with Crippen molar-refractivity contribution in [3.8, 4) is 16.9 Å². The molecule has 4 nitrogen and oxygen atoms in total. The van der Waals surface area contributed by atoms with E-state index in [2.05, 4.69) is 4.74 Å². The zero-order valence-corrected chi connectivity index (χ0v) is 11.9. The van der Waals surface area contributed by atoms with Crippen LogP contribution in [-0.2, 0) is 9.53 Å². The van der Waals surface area contributed by atoms with Gasteiger partial charge in [0.25, 0.3) is 0 Å². The lowest BCUT2D eigenvalue weighted by molar-refractivity contribution is -0.138. The predicted molar refractivity (Wildman–Crippen MR) is 80.0 cm³/mol. The Morgan fingerprint density at radius 3 is 2.43 bits per heavy atom. The van der Waals surface area contributed by atoms with Crippen molar-refractivity contribution in [2.45, 2.75) is 6.92 Å². The predicted octanol–water partition coefficient (Wildman–Crippen LogP) is 3.61. The fourth-order valence-corrected chi connectivity index (χ4v) is 2.00. The molecular formula is C17H16O4. The summed E-state index contributed by atoms with van der Waals surface area (Å²) in [5.41, 5.74) is 2.91. The second-order valence-corrected chi connectivity index (χ2v) is 4.38. The van der Waals surface area contributed by atoms with Gasteiger partial charge >= 0.3 is 5.97 Å². The molecule has 0 saturated carbocycles. The quantitative estimate of drug-likeness (QED) is 0.529. The lowest BCUT2D eigenvalue weighted by Crippen LogP contribution is -2.11. The summed E-state index contributed by atoms with van der Waals surface area (Å²) < 4.78 is 9.98.